The van der Waals surface area contributed by atoms with Crippen molar-refractivity contribution < 1.29 is 14.3 Å². The molecule has 0 saturated carbocycles. The number of amides is 1. The highest BCUT2D eigenvalue weighted by Crippen LogP contribution is 2.18. The number of ether oxygens (including phenoxy) is 1. The molecule has 0 aromatic rings. The van der Waals surface area contributed by atoms with Crippen molar-refractivity contribution in [2.75, 3.05) is 13.7 Å². The van der Waals surface area contributed by atoms with Crippen molar-refractivity contribution in [3.05, 3.63) is 0 Å². The monoisotopic (exact) mass is 186 g/mol. The van der Waals surface area contributed by atoms with Crippen molar-refractivity contribution in [2.45, 2.75) is 24.8 Å². The Morgan fingerprint density at radius 3 is 2.92 bits per heavy atom. The summed E-state index contributed by atoms with van der Waals surface area (Å²) in [5, 5.41) is 2.65. The molecular weight excluding hydrogens is 172 g/mol. The Bertz CT molecular complexity index is 229. The molecule has 1 amide bonds. The lowest BCUT2D eigenvalue weighted by Crippen LogP contribution is -2.49. The molecule has 13 heavy (non-hydrogen) atoms. The number of hydrogen-bond donors (Lipinski definition) is 2. The van der Waals surface area contributed by atoms with Crippen LogP contribution in [-0.2, 0) is 14.3 Å². The molecule has 1 aliphatic heterocycles. The van der Waals surface area contributed by atoms with E-state index in [9.17, 15) is 9.59 Å². The number of hydrogen-bond acceptors (Lipinski definition) is 4. The zero-order valence-electron chi connectivity index (χ0n) is 7.63. The Kier molecular flexibility index (Phi) is 2.87. The smallest absolute Gasteiger partial charge is 0.325 e. The number of methoxy groups -OCH3 is 1. The molecule has 1 fully saturated rings. The van der Waals surface area contributed by atoms with E-state index in [1.165, 1.54) is 7.11 Å². The maximum atomic E-state index is 11.3. The molecule has 74 valence electrons. The SMILES string of the molecule is COC(=O)C1(N)CCNC(=O)CC1. The molecule has 0 aliphatic carbocycles. The van der Waals surface area contributed by atoms with Gasteiger partial charge in [-0.2, -0.15) is 0 Å². The van der Waals surface area contributed by atoms with Gasteiger partial charge in [-0.15, -0.1) is 0 Å². The van der Waals surface area contributed by atoms with Crippen LogP contribution < -0.4 is 11.1 Å². The minimum Gasteiger partial charge on any atom is -0.468 e. The molecule has 0 aromatic carbocycles. The first-order chi connectivity index (χ1) is 6.08. The summed E-state index contributed by atoms with van der Waals surface area (Å²) in [7, 11) is 1.30. The third-order valence-corrected chi connectivity index (χ3v) is 2.28. The first-order valence-corrected chi connectivity index (χ1v) is 4.22. The standard InChI is InChI=1S/C8H14N2O3/c1-13-7(12)8(9)3-2-6(11)10-5-4-8/h2-5,9H2,1H3,(H,10,11). The van der Waals surface area contributed by atoms with Crippen molar-refractivity contribution in [3.8, 4) is 0 Å². The molecule has 5 nitrogen and oxygen atoms in total. The number of carbonyl (C=O) groups is 2. The molecule has 1 unspecified atom stereocenters. The van der Waals surface area contributed by atoms with Crippen LogP contribution in [0.1, 0.15) is 19.3 Å². The molecule has 1 atom stereocenters. The van der Waals surface area contributed by atoms with Gasteiger partial charge < -0.3 is 15.8 Å². The van der Waals surface area contributed by atoms with Gasteiger partial charge >= 0.3 is 5.97 Å². The van der Waals surface area contributed by atoms with E-state index in [1.807, 2.05) is 0 Å². The van der Waals surface area contributed by atoms with Crippen molar-refractivity contribution in [2.24, 2.45) is 5.73 Å². The average Bonchev–Trinajstić information content (AvgIpc) is 2.28. The van der Waals surface area contributed by atoms with E-state index >= 15 is 0 Å². The van der Waals surface area contributed by atoms with Gasteiger partial charge in [-0.3, -0.25) is 9.59 Å². The van der Waals surface area contributed by atoms with E-state index in [-0.39, 0.29) is 12.3 Å². The summed E-state index contributed by atoms with van der Waals surface area (Å²) in [6.45, 7) is 0.435. The molecule has 1 rings (SSSR count). The van der Waals surface area contributed by atoms with Gasteiger partial charge in [0.05, 0.1) is 7.11 Å². The van der Waals surface area contributed by atoms with Crippen LogP contribution in [0.3, 0.4) is 0 Å². The van der Waals surface area contributed by atoms with E-state index in [0.717, 1.165) is 0 Å². The fraction of sp³-hybridized carbons (Fsp3) is 0.750. The molecule has 1 saturated heterocycles. The summed E-state index contributed by atoms with van der Waals surface area (Å²) in [4.78, 5) is 22.2. The second-order valence-corrected chi connectivity index (χ2v) is 3.25. The van der Waals surface area contributed by atoms with Gasteiger partial charge in [0, 0.05) is 13.0 Å². The number of carbonyl (C=O) groups excluding carboxylic acids is 2. The predicted molar refractivity (Wildman–Crippen MR) is 45.8 cm³/mol. The number of nitrogens with two attached hydrogens (primary N) is 1. The third kappa shape index (κ3) is 2.18. The fourth-order valence-electron chi connectivity index (χ4n) is 1.38. The van der Waals surface area contributed by atoms with Crippen LogP contribution in [0.15, 0.2) is 0 Å². The lowest BCUT2D eigenvalue weighted by Gasteiger charge is -2.23. The summed E-state index contributed by atoms with van der Waals surface area (Å²) in [5.41, 5.74) is 4.82. The van der Waals surface area contributed by atoms with Gasteiger partial charge in [-0.1, -0.05) is 0 Å². The number of nitrogens with one attached hydrogen (secondary N) is 1. The molecular formula is C8H14N2O3. The van der Waals surface area contributed by atoms with Gasteiger partial charge in [0.15, 0.2) is 0 Å². The lowest BCUT2D eigenvalue weighted by atomic mass is 9.92. The predicted octanol–water partition coefficient (Wildman–Crippen LogP) is -0.843. The molecule has 1 heterocycles. The van der Waals surface area contributed by atoms with Gasteiger partial charge in [-0.25, -0.2) is 0 Å². The topological polar surface area (TPSA) is 81.4 Å². The average molecular weight is 186 g/mol. The molecule has 3 N–H and O–H groups in total. The first-order valence-electron chi connectivity index (χ1n) is 4.22. The Balaban J connectivity index is 2.67. The van der Waals surface area contributed by atoms with Crippen LogP contribution in [0.4, 0.5) is 0 Å². The van der Waals surface area contributed by atoms with E-state index in [1.54, 1.807) is 0 Å². The largest absolute Gasteiger partial charge is 0.468 e. The van der Waals surface area contributed by atoms with Gasteiger partial charge in [0.25, 0.3) is 0 Å². The van der Waals surface area contributed by atoms with Gasteiger partial charge in [-0.05, 0) is 12.8 Å². The quantitative estimate of drug-likeness (QED) is 0.523. The van der Waals surface area contributed by atoms with Crippen molar-refractivity contribution in [3.63, 3.8) is 0 Å². The maximum absolute atomic E-state index is 11.3. The van der Waals surface area contributed by atoms with Crippen LogP contribution >= 0.6 is 0 Å². The molecule has 0 radical (unpaired) electrons. The molecule has 0 bridgehead atoms. The summed E-state index contributed by atoms with van der Waals surface area (Å²) in [5.74, 6) is -0.500. The molecule has 5 heteroatoms. The van der Waals surface area contributed by atoms with Crippen molar-refractivity contribution >= 4 is 11.9 Å². The first kappa shape index (κ1) is 9.98. The van der Waals surface area contributed by atoms with Crippen LogP contribution in [0.2, 0.25) is 0 Å². The summed E-state index contributed by atoms with van der Waals surface area (Å²) >= 11 is 0. The van der Waals surface area contributed by atoms with Gasteiger partial charge in [0.2, 0.25) is 5.91 Å². The summed E-state index contributed by atoms with van der Waals surface area (Å²) in [6, 6.07) is 0. The molecule has 0 spiro atoms. The van der Waals surface area contributed by atoms with Crippen molar-refractivity contribution in [1.82, 2.24) is 5.32 Å². The van der Waals surface area contributed by atoms with Crippen LogP contribution in [0, 0.1) is 0 Å². The number of rotatable bonds is 1. The van der Waals surface area contributed by atoms with Crippen LogP contribution in [-0.4, -0.2) is 31.1 Å². The second-order valence-electron chi connectivity index (χ2n) is 3.25. The van der Waals surface area contributed by atoms with E-state index < -0.39 is 11.5 Å². The van der Waals surface area contributed by atoms with E-state index in [4.69, 9.17) is 5.73 Å². The maximum Gasteiger partial charge on any atom is 0.325 e. The highest BCUT2D eigenvalue weighted by molar-refractivity contribution is 5.83. The Labute approximate surface area is 76.6 Å². The Morgan fingerprint density at radius 2 is 2.31 bits per heavy atom. The minimum atomic E-state index is -0.992. The van der Waals surface area contributed by atoms with E-state index in [0.29, 0.717) is 19.4 Å². The van der Waals surface area contributed by atoms with Crippen LogP contribution in [0.25, 0.3) is 0 Å². The third-order valence-electron chi connectivity index (χ3n) is 2.28. The zero-order chi connectivity index (χ0) is 9.90. The fourth-order valence-corrected chi connectivity index (χ4v) is 1.38. The Hall–Kier alpha value is -1.10. The second kappa shape index (κ2) is 3.74. The lowest BCUT2D eigenvalue weighted by molar-refractivity contribution is -0.147. The summed E-state index contributed by atoms with van der Waals surface area (Å²) in [6.07, 6.45) is 1.07. The highest BCUT2D eigenvalue weighted by Gasteiger charge is 2.36. The normalized spacial score (nSPS) is 28.9. The molecule has 1 aliphatic rings. The van der Waals surface area contributed by atoms with Crippen molar-refractivity contribution in [1.29, 1.82) is 0 Å². The minimum absolute atomic E-state index is 0.0590. The van der Waals surface area contributed by atoms with Crippen LogP contribution in [0.5, 0.6) is 0 Å². The Morgan fingerprint density at radius 1 is 1.62 bits per heavy atom. The zero-order valence-corrected chi connectivity index (χ0v) is 7.63. The van der Waals surface area contributed by atoms with E-state index in [2.05, 4.69) is 10.1 Å². The number of esters is 1. The highest BCUT2D eigenvalue weighted by atomic mass is 16.5. The summed E-state index contributed by atoms with van der Waals surface area (Å²) < 4.78 is 4.58. The van der Waals surface area contributed by atoms with Gasteiger partial charge in [0.1, 0.15) is 5.54 Å². The molecule has 0 aromatic heterocycles.